The van der Waals surface area contributed by atoms with Crippen molar-refractivity contribution in [2.75, 3.05) is 0 Å². The van der Waals surface area contributed by atoms with E-state index in [9.17, 15) is 4.79 Å². The van der Waals surface area contributed by atoms with Crippen LogP contribution in [0.15, 0.2) is 60.7 Å². The predicted octanol–water partition coefficient (Wildman–Crippen LogP) is 5.59. The van der Waals surface area contributed by atoms with Gasteiger partial charge in [0.2, 0.25) is 0 Å². The van der Waals surface area contributed by atoms with Gasteiger partial charge in [0.15, 0.2) is 0 Å². The first kappa shape index (κ1) is 16.3. The van der Waals surface area contributed by atoms with E-state index in [1.165, 1.54) is 5.39 Å². The van der Waals surface area contributed by atoms with E-state index < -0.39 is 0 Å². The van der Waals surface area contributed by atoms with E-state index in [4.69, 9.17) is 11.6 Å². The van der Waals surface area contributed by atoms with Gasteiger partial charge in [0, 0.05) is 3.57 Å². The number of carbonyl (C=O) groups excluding carboxylic acids is 1. The molecule has 0 saturated heterocycles. The van der Waals surface area contributed by atoms with Crippen LogP contribution in [0.5, 0.6) is 0 Å². The first-order valence-corrected chi connectivity index (χ1v) is 8.75. The van der Waals surface area contributed by atoms with Crippen molar-refractivity contribution in [3.8, 4) is 0 Å². The van der Waals surface area contributed by atoms with Gasteiger partial charge in [-0.2, -0.15) is 0 Å². The van der Waals surface area contributed by atoms with Gasteiger partial charge in [-0.05, 0) is 64.0 Å². The Bertz CT molecular complexity index is 873. The van der Waals surface area contributed by atoms with Crippen molar-refractivity contribution < 1.29 is 4.79 Å². The number of amides is 1. The van der Waals surface area contributed by atoms with E-state index >= 15 is 0 Å². The lowest BCUT2D eigenvalue weighted by Gasteiger charge is -2.17. The average Bonchev–Trinajstić information content (AvgIpc) is 2.56. The van der Waals surface area contributed by atoms with Crippen LogP contribution >= 0.6 is 34.2 Å². The Hall–Kier alpha value is -1.59. The van der Waals surface area contributed by atoms with Crippen molar-refractivity contribution in [3.05, 3.63) is 80.4 Å². The van der Waals surface area contributed by atoms with Crippen molar-refractivity contribution in [1.29, 1.82) is 0 Å². The van der Waals surface area contributed by atoms with Crippen molar-refractivity contribution in [3.63, 3.8) is 0 Å². The molecule has 0 heterocycles. The summed E-state index contributed by atoms with van der Waals surface area (Å²) in [7, 11) is 0. The highest BCUT2D eigenvalue weighted by Crippen LogP contribution is 2.25. The molecule has 3 rings (SSSR count). The molecule has 1 N–H and O–H groups in total. The van der Waals surface area contributed by atoms with E-state index in [0.29, 0.717) is 10.6 Å². The highest BCUT2D eigenvalue weighted by Gasteiger charge is 2.16. The summed E-state index contributed by atoms with van der Waals surface area (Å²) >= 11 is 8.32. The lowest BCUT2D eigenvalue weighted by molar-refractivity contribution is 0.0940. The molecule has 3 aromatic carbocycles. The molecule has 0 unspecified atom stereocenters. The van der Waals surface area contributed by atoms with Crippen LogP contribution in [-0.4, -0.2) is 5.91 Å². The number of benzene rings is 3. The molecular formula is C19H15ClINO. The molecule has 0 aliphatic rings. The van der Waals surface area contributed by atoms with Gasteiger partial charge in [0.1, 0.15) is 0 Å². The van der Waals surface area contributed by atoms with Crippen molar-refractivity contribution >= 4 is 50.9 Å². The van der Waals surface area contributed by atoms with Gasteiger partial charge in [-0.1, -0.05) is 54.1 Å². The van der Waals surface area contributed by atoms with Crippen LogP contribution in [0.4, 0.5) is 0 Å². The zero-order chi connectivity index (χ0) is 16.4. The number of nitrogens with one attached hydrogen (secondary N) is 1. The number of fused-ring (bicyclic) bond motifs is 1. The Morgan fingerprint density at radius 2 is 1.83 bits per heavy atom. The number of hydrogen-bond acceptors (Lipinski definition) is 1. The van der Waals surface area contributed by atoms with Gasteiger partial charge in [-0.15, -0.1) is 0 Å². The van der Waals surface area contributed by atoms with Crippen LogP contribution in [-0.2, 0) is 0 Å². The average molecular weight is 436 g/mol. The maximum Gasteiger partial charge on any atom is 0.253 e. The fourth-order valence-electron chi connectivity index (χ4n) is 2.65. The zero-order valence-corrected chi connectivity index (χ0v) is 15.4. The van der Waals surface area contributed by atoms with Crippen LogP contribution in [0, 0.1) is 3.57 Å². The summed E-state index contributed by atoms with van der Waals surface area (Å²) in [5.41, 5.74) is 1.60. The second kappa shape index (κ2) is 6.89. The Balaban J connectivity index is 1.90. The highest BCUT2D eigenvalue weighted by molar-refractivity contribution is 14.1. The second-order valence-electron chi connectivity index (χ2n) is 5.39. The molecule has 0 aromatic heterocycles. The van der Waals surface area contributed by atoms with Gasteiger partial charge >= 0.3 is 0 Å². The van der Waals surface area contributed by atoms with E-state index in [0.717, 1.165) is 14.5 Å². The highest BCUT2D eigenvalue weighted by atomic mass is 127. The summed E-state index contributed by atoms with van der Waals surface area (Å²) in [6.45, 7) is 1.99. The molecule has 4 heteroatoms. The largest absolute Gasteiger partial charge is 0.345 e. The van der Waals surface area contributed by atoms with Gasteiger partial charge < -0.3 is 5.32 Å². The fraction of sp³-hybridized carbons (Fsp3) is 0.105. The van der Waals surface area contributed by atoms with Crippen LogP contribution in [0.1, 0.15) is 28.9 Å². The summed E-state index contributed by atoms with van der Waals surface area (Å²) in [4.78, 5) is 12.5. The Morgan fingerprint density at radius 3 is 2.65 bits per heavy atom. The molecule has 2 nitrogen and oxygen atoms in total. The smallest absolute Gasteiger partial charge is 0.253 e. The number of carbonyl (C=O) groups is 1. The molecule has 0 radical (unpaired) electrons. The third-order valence-electron chi connectivity index (χ3n) is 3.81. The Labute approximate surface area is 154 Å². The normalized spacial score (nSPS) is 12.1. The summed E-state index contributed by atoms with van der Waals surface area (Å²) in [5, 5.41) is 5.83. The van der Waals surface area contributed by atoms with Crippen molar-refractivity contribution in [1.82, 2.24) is 5.32 Å². The van der Waals surface area contributed by atoms with E-state index in [1.54, 1.807) is 12.1 Å². The van der Waals surface area contributed by atoms with Gasteiger partial charge in [-0.25, -0.2) is 0 Å². The lowest BCUT2D eigenvalue weighted by Crippen LogP contribution is -2.27. The molecule has 0 fully saturated rings. The maximum atomic E-state index is 12.5. The molecule has 0 bridgehead atoms. The third kappa shape index (κ3) is 3.51. The molecule has 1 amide bonds. The molecule has 0 saturated carbocycles. The Kier molecular flexibility index (Phi) is 4.87. The quantitative estimate of drug-likeness (QED) is 0.534. The first-order valence-electron chi connectivity index (χ1n) is 7.30. The zero-order valence-electron chi connectivity index (χ0n) is 12.5. The monoisotopic (exact) mass is 435 g/mol. The molecule has 0 aliphatic carbocycles. The second-order valence-corrected chi connectivity index (χ2v) is 7.04. The van der Waals surface area contributed by atoms with Crippen LogP contribution in [0.3, 0.4) is 0 Å². The molecule has 116 valence electrons. The molecule has 0 spiro atoms. The first-order chi connectivity index (χ1) is 11.1. The minimum atomic E-state index is -0.158. The fourth-order valence-corrected chi connectivity index (χ4v) is 3.35. The summed E-state index contributed by atoms with van der Waals surface area (Å²) in [5.74, 6) is -0.158. The molecule has 1 atom stereocenters. The standard InChI is InChI=1S/C19H15ClINO/c1-12(15-8-4-6-13-5-2-3-7-16(13)15)22-19(23)17-11-14(21)9-10-18(17)20/h2-12H,1H3,(H,22,23)/t12-/m1/s1. The van der Waals surface area contributed by atoms with Crippen molar-refractivity contribution in [2.24, 2.45) is 0 Å². The molecule has 23 heavy (non-hydrogen) atoms. The number of rotatable bonds is 3. The molecule has 0 aliphatic heterocycles. The molecule has 3 aromatic rings. The topological polar surface area (TPSA) is 29.1 Å². The number of hydrogen-bond donors (Lipinski definition) is 1. The summed E-state index contributed by atoms with van der Waals surface area (Å²) in [6, 6.07) is 19.6. The summed E-state index contributed by atoms with van der Waals surface area (Å²) < 4.78 is 0.981. The predicted molar refractivity (Wildman–Crippen MR) is 104 cm³/mol. The molecular weight excluding hydrogens is 421 g/mol. The number of halogens is 2. The SMILES string of the molecule is C[C@@H](NC(=O)c1cc(I)ccc1Cl)c1cccc2ccccc12. The van der Waals surface area contributed by atoms with Gasteiger partial charge in [-0.3, -0.25) is 4.79 Å². The lowest BCUT2D eigenvalue weighted by atomic mass is 9.99. The minimum absolute atomic E-state index is 0.109. The minimum Gasteiger partial charge on any atom is -0.345 e. The van der Waals surface area contributed by atoms with E-state index in [1.807, 2.05) is 37.3 Å². The summed E-state index contributed by atoms with van der Waals surface area (Å²) in [6.07, 6.45) is 0. The van der Waals surface area contributed by atoms with Crippen LogP contribution < -0.4 is 5.32 Å². The van der Waals surface area contributed by atoms with Crippen LogP contribution in [0.2, 0.25) is 5.02 Å². The van der Waals surface area contributed by atoms with E-state index in [2.05, 4.69) is 46.1 Å². The third-order valence-corrected chi connectivity index (χ3v) is 4.81. The van der Waals surface area contributed by atoms with Crippen LogP contribution in [0.25, 0.3) is 10.8 Å². The maximum absolute atomic E-state index is 12.5. The Morgan fingerprint density at radius 1 is 1.09 bits per heavy atom. The van der Waals surface area contributed by atoms with Gasteiger partial charge in [0.25, 0.3) is 5.91 Å². The van der Waals surface area contributed by atoms with Crippen molar-refractivity contribution in [2.45, 2.75) is 13.0 Å². The van der Waals surface area contributed by atoms with Gasteiger partial charge in [0.05, 0.1) is 16.6 Å². The van der Waals surface area contributed by atoms with E-state index in [-0.39, 0.29) is 11.9 Å².